The third kappa shape index (κ3) is 3.92. The molecule has 1 unspecified atom stereocenters. The van der Waals surface area contributed by atoms with E-state index in [4.69, 9.17) is 10.3 Å². The molecule has 0 bridgehead atoms. The van der Waals surface area contributed by atoms with E-state index in [1.807, 2.05) is 0 Å². The van der Waals surface area contributed by atoms with Crippen LogP contribution >= 0.6 is 0 Å². The van der Waals surface area contributed by atoms with Crippen LogP contribution in [0, 0.1) is 0 Å². The molecule has 0 saturated carbocycles. The van der Waals surface area contributed by atoms with Gasteiger partial charge >= 0.3 is 29.6 Å². The highest BCUT2D eigenvalue weighted by Crippen LogP contribution is 2.37. The van der Waals surface area contributed by atoms with Crippen molar-refractivity contribution in [3.8, 4) is 0 Å². The molecule has 0 saturated heterocycles. The third-order valence-corrected chi connectivity index (χ3v) is 4.43. The van der Waals surface area contributed by atoms with Crippen molar-refractivity contribution in [1.82, 2.24) is 9.80 Å². The molecule has 0 fully saturated rings. The normalized spacial score (nSPS) is 16.3. The monoisotopic (exact) mass is 400 g/mol. The Kier molecular flexibility index (Phi) is 6.63. The Balaban J connectivity index is 2.75. The Morgan fingerprint density at radius 3 is 2.34 bits per heavy atom. The van der Waals surface area contributed by atoms with Gasteiger partial charge in [0.1, 0.15) is 6.04 Å². The molecule has 1 aromatic carbocycles. The van der Waals surface area contributed by atoms with E-state index in [-0.39, 0.29) is 17.9 Å². The van der Waals surface area contributed by atoms with Gasteiger partial charge in [-0.1, -0.05) is 30.3 Å². The predicted octanol–water partition coefficient (Wildman–Crippen LogP) is 1.30. The van der Waals surface area contributed by atoms with E-state index in [0.717, 1.165) is 12.0 Å². The smallest absolute Gasteiger partial charge is 0.463 e. The first-order chi connectivity index (χ1) is 13.8. The van der Waals surface area contributed by atoms with Gasteiger partial charge in [0.05, 0.1) is 19.3 Å². The van der Waals surface area contributed by atoms with E-state index in [1.165, 1.54) is 7.05 Å². The Morgan fingerprint density at radius 1 is 1.21 bits per heavy atom. The van der Waals surface area contributed by atoms with Crippen LogP contribution in [0.1, 0.15) is 25.5 Å². The highest BCUT2D eigenvalue weighted by atomic mass is 16.5. The van der Waals surface area contributed by atoms with Crippen LogP contribution in [-0.4, -0.2) is 64.9 Å². The summed E-state index contributed by atoms with van der Waals surface area (Å²) in [5.74, 6) is -3.18. The standard InChI is InChI=1S/C19H20N4O6/c1-5-29-17(25)13-11(2)22(3)19(27)23(15(13)12-9-7-6-8-10-12)16(24)14(21-20)18(26)28-4/h6-10,15H,5H2,1-4H3. The van der Waals surface area contributed by atoms with Crippen LogP contribution < -0.4 is 0 Å². The van der Waals surface area contributed by atoms with Crippen molar-refractivity contribution in [2.75, 3.05) is 20.8 Å². The summed E-state index contributed by atoms with van der Waals surface area (Å²) in [7, 11) is 2.36. The summed E-state index contributed by atoms with van der Waals surface area (Å²) in [6.45, 7) is 3.25. The molecule has 3 amide bonds. The third-order valence-electron chi connectivity index (χ3n) is 4.43. The van der Waals surface area contributed by atoms with Crippen LogP contribution in [0.25, 0.3) is 5.53 Å². The predicted molar refractivity (Wildman–Crippen MR) is 99.2 cm³/mol. The first-order valence-corrected chi connectivity index (χ1v) is 8.64. The van der Waals surface area contributed by atoms with Gasteiger partial charge in [0, 0.05) is 12.7 Å². The molecule has 0 aliphatic carbocycles. The molecule has 152 valence electrons. The summed E-state index contributed by atoms with van der Waals surface area (Å²) in [4.78, 5) is 55.0. The van der Waals surface area contributed by atoms with E-state index in [0.29, 0.717) is 10.5 Å². The van der Waals surface area contributed by atoms with Gasteiger partial charge in [0.25, 0.3) is 0 Å². The summed E-state index contributed by atoms with van der Waals surface area (Å²) >= 11 is 0. The summed E-state index contributed by atoms with van der Waals surface area (Å²) in [5.41, 5.74) is 8.90. The molecule has 10 nitrogen and oxygen atoms in total. The van der Waals surface area contributed by atoms with Gasteiger partial charge in [-0.2, -0.15) is 4.79 Å². The van der Waals surface area contributed by atoms with Gasteiger partial charge in [-0.3, -0.25) is 4.79 Å². The molecule has 29 heavy (non-hydrogen) atoms. The Labute approximate surface area is 166 Å². The average molecular weight is 400 g/mol. The fourth-order valence-corrected chi connectivity index (χ4v) is 2.93. The molecule has 0 aromatic heterocycles. The number of allylic oxidation sites excluding steroid dienone is 1. The second kappa shape index (κ2) is 8.94. The lowest BCUT2D eigenvalue weighted by Crippen LogP contribution is -2.54. The lowest BCUT2D eigenvalue weighted by atomic mass is 9.93. The van der Waals surface area contributed by atoms with E-state index in [9.17, 15) is 19.2 Å². The van der Waals surface area contributed by atoms with Crippen molar-refractivity contribution < 1.29 is 33.4 Å². The first kappa shape index (κ1) is 21.5. The summed E-state index contributed by atoms with van der Waals surface area (Å²) in [5, 5.41) is 0. The van der Waals surface area contributed by atoms with Crippen LogP contribution in [0.4, 0.5) is 4.79 Å². The number of rotatable bonds is 5. The van der Waals surface area contributed by atoms with Gasteiger partial charge in [-0.15, -0.1) is 0 Å². The number of amides is 3. The SMILES string of the molecule is CCOC(=O)C1=C(C)N(C)C(=O)N(C(=O)C(=[N+]=[N-])C(=O)OC)C1c1ccccc1. The van der Waals surface area contributed by atoms with Crippen molar-refractivity contribution in [2.24, 2.45) is 0 Å². The van der Waals surface area contributed by atoms with Crippen molar-refractivity contribution in [3.63, 3.8) is 0 Å². The number of hydrogen-bond donors (Lipinski definition) is 0. The number of imide groups is 1. The van der Waals surface area contributed by atoms with Gasteiger partial charge in [-0.05, 0) is 19.4 Å². The Hall–Kier alpha value is -3.78. The van der Waals surface area contributed by atoms with Crippen LogP contribution in [0.3, 0.4) is 0 Å². The molecular formula is C19H20N4O6. The van der Waals surface area contributed by atoms with E-state index in [1.54, 1.807) is 44.2 Å². The summed E-state index contributed by atoms with van der Waals surface area (Å²) in [6, 6.07) is 6.27. The van der Waals surface area contributed by atoms with Crippen molar-refractivity contribution in [1.29, 1.82) is 0 Å². The number of carbonyl (C=O) groups excluding carboxylic acids is 4. The quantitative estimate of drug-likeness (QED) is 0.241. The highest BCUT2D eigenvalue weighted by Gasteiger charge is 2.49. The molecule has 1 heterocycles. The van der Waals surface area contributed by atoms with Gasteiger partial charge in [-0.25, -0.2) is 19.3 Å². The van der Waals surface area contributed by atoms with Crippen molar-refractivity contribution >= 4 is 29.6 Å². The molecule has 2 rings (SSSR count). The number of urea groups is 1. The molecule has 0 radical (unpaired) electrons. The number of methoxy groups -OCH3 is 1. The zero-order valence-corrected chi connectivity index (χ0v) is 16.4. The number of carbonyl (C=O) groups is 4. The first-order valence-electron chi connectivity index (χ1n) is 8.64. The zero-order chi connectivity index (χ0) is 21.7. The fraction of sp³-hybridized carbons (Fsp3) is 0.316. The second-order valence-corrected chi connectivity index (χ2v) is 5.99. The number of hydrogen-bond acceptors (Lipinski definition) is 6. The molecule has 0 N–H and O–H groups in total. The molecule has 1 atom stereocenters. The number of esters is 2. The number of ether oxygens (including phenoxy) is 2. The van der Waals surface area contributed by atoms with E-state index in [2.05, 4.69) is 9.53 Å². The highest BCUT2D eigenvalue weighted by molar-refractivity contribution is 6.62. The largest absolute Gasteiger partial charge is 0.463 e. The topological polar surface area (TPSA) is 130 Å². The van der Waals surface area contributed by atoms with Crippen molar-refractivity contribution in [2.45, 2.75) is 19.9 Å². The molecule has 0 spiro atoms. The summed E-state index contributed by atoms with van der Waals surface area (Å²) < 4.78 is 9.57. The molecule has 1 aliphatic heterocycles. The minimum atomic E-state index is -1.23. The molecular weight excluding hydrogens is 380 g/mol. The minimum absolute atomic E-state index is 0.0376. The van der Waals surface area contributed by atoms with Crippen LogP contribution in [-0.2, 0) is 23.9 Å². The Bertz CT molecular complexity index is 933. The maximum atomic E-state index is 13.0. The van der Waals surface area contributed by atoms with Gasteiger partial charge in [0.2, 0.25) is 0 Å². The minimum Gasteiger partial charge on any atom is -0.463 e. The molecule has 1 aliphatic rings. The van der Waals surface area contributed by atoms with Gasteiger partial charge in [0.15, 0.2) is 0 Å². The lowest BCUT2D eigenvalue weighted by Gasteiger charge is -2.39. The average Bonchev–Trinajstić information content (AvgIpc) is 2.72. The summed E-state index contributed by atoms with van der Waals surface area (Å²) in [6.07, 6.45) is 0. The number of benzene rings is 1. The van der Waals surface area contributed by atoms with Crippen LogP contribution in [0.5, 0.6) is 0 Å². The van der Waals surface area contributed by atoms with Crippen molar-refractivity contribution in [3.05, 3.63) is 52.7 Å². The Morgan fingerprint density at radius 2 is 1.83 bits per heavy atom. The van der Waals surface area contributed by atoms with Crippen LogP contribution in [0.15, 0.2) is 41.6 Å². The van der Waals surface area contributed by atoms with E-state index >= 15 is 0 Å². The lowest BCUT2D eigenvalue weighted by molar-refractivity contribution is -0.142. The fourth-order valence-electron chi connectivity index (χ4n) is 2.93. The maximum absolute atomic E-state index is 13.0. The molecule has 10 heteroatoms. The van der Waals surface area contributed by atoms with Crippen LogP contribution in [0.2, 0.25) is 0 Å². The zero-order valence-electron chi connectivity index (χ0n) is 16.4. The second-order valence-electron chi connectivity index (χ2n) is 5.99. The van der Waals surface area contributed by atoms with Gasteiger partial charge < -0.3 is 19.9 Å². The van der Waals surface area contributed by atoms with E-state index < -0.39 is 35.6 Å². The maximum Gasteiger partial charge on any atom is 0.463 e. The molecule has 1 aromatic rings. The number of nitrogens with zero attached hydrogens (tertiary/aromatic N) is 4.